The van der Waals surface area contributed by atoms with Crippen molar-refractivity contribution in [1.82, 2.24) is 14.7 Å². The van der Waals surface area contributed by atoms with E-state index in [1.807, 2.05) is 29.0 Å². The highest BCUT2D eigenvalue weighted by Crippen LogP contribution is 2.36. The van der Waals surface area contributed by atoms with Gasteiger partial charge in [0, 0.05) is 36.6 Å². The highest BCUT2D eigenvalue weighted by Gasteiger charge is 2.29. The van der Waals surface area contributed by atoms with Crippen molar-refractivity contribution in [3.63, 3.8) is 0 Å². The lowest BCUT2D eigenvalue weighted by molar-refractivity contribution is 0.247. The van der Waals surface area contributed by atoms with Gasteiger partial charge in [-0.3, -0.25) is 4.90 Å². The topological polar surface area (TPSA) is 30.3 Å². The number of allylic oxidation sites excluding steroid dienone is 1. The van der Waals surface area contributed by atoms with E-state index in [-0.39, 0.29) is 0 Å². The van der Waals surface area contributed by atoms with E-state index >= 15 is 0 Å². The highest BCUT2D eigenvalue weighted by atomic mass is 35.5. The molecule has 0 N–H and O–H groups in total. The summed E-state index contributed by atoms with van der Waals surface area (Å²) in [5.74, 6) is 0.880. The Balaban J connectivity index is 1.67. The lowest BCUT2D eigenvalue weighted by atomic mass is 10.1. The molecule has 0 aliphatic carbocycles. The van der Waals surface area contributed by atoms with E-state index in [0.717, 1.165) is 53.9 Å². The molecular weight excluding hydrogens is 322 g/mol. The summed E-state index contributed by atoms with van der Waals surface area (Å²) in [6.45, 7) is 9.26. The minimum Gasteiger partial charge on any atom is -0.472 e. The molecule has 0 fully saturated rings. The first kappa shape index (κ1) is 15.5. The fourth-order valence-electron chi connectivity index (χ4n) is 3.41. The molecule has 4 nitrogen and oxygen atoms in total. The van der Waals surface area contributed by atoms with E-state index in [9.17, 15) is 0 Å². The lowest BCUT2D eigenvalue weighted by Gasteiger charge is -2.27. The zero-order chi connectivity index (χ0) is 16.7. The van der Waals surface area contributed by atoms with Gasteiger partial charge in [-0.1, -0.05) is 30.3 Å². The Morgan fingerprint density at radius 3 is 3.12 bits per heavy atom. The van der Waals surface area contributed by atoms with Gasteiger partial charge in [-0.05, 0) is 30.7 Å². The third kappa shape index (κ3) is 2.56. The Hall–Kier alpha value is -2.04. The SMILES string of the molecule is C=CC(=CC)CN1CCc2nn3c(c2C1)OCc1cc(Cl)ccc1-3. The molecule has 0 spiro atoms. The second-order valence-corrected chi connectivity index (χ2v) is 6.67. The molecule has 0 saturated heterocycles. The summed E-state index contributed by atoms with van der Waals surface area (Å²) in [5, 5.41) is 5.53. The molecule has 0 radical (unpaired) electrons. The normalized spacial score (nSPS) is 16.8. The van der Waals surface area contributed by atoms with Gasteiger partial charge < -0.3 is 4.74 Å². The number of aromatic nitrogens is 2. The molecule has 3 heterocycles. The molecule has 1 aromatic heterocycles. The Morgan fingerprint density at radius 2 is 2.33 bits per heavy atom. The van der Waals surface area contributed by atoms with Gasteiger partial charge in [0.15, 0.2) is 0 Å². The third-order valence-electron chi connectivity index (χ3n) is 4.74. The summed E-state index contributed by atoms with van der Waals surface area (Å²) in [5.41, 5.74) is 5.75. The summed E-state index contributed by atoms with van der Waals surface area (Å²) >= 11 is 6.09. The number of hydrogen-bond acceptors (Lipinski definition) is 3. The number of benzene rings is 1. The van der Waals surface area contributed by atoms with Gasteiger partial charge in [-0.25, -0.2) is 4.68 Å². The van der Waals surface area contributed by atoms with Crippen LogP contribution in [0.25, 0.3) is 5.69 Å². The van der Waals surface area contributed by atoms with Crippen LogP contribution in [0.2, 0.25) is 5.02 Å². The molecule has 0 atom stereocenters. The molecule has 2 aliphatic rings. The predicted molar refractivity (Wildman–Crippen MR) is 95.8 cm³/mol. The number of ether oxygens (including phenoxy) is 1. The number of rotatable bonds is 3. The summed E-state index contributed by atoms with van der Waals surface area (Å²) in [6.07, 6.45) is 4.99. The van der Waals surface area contributed by atoms with Crippen molar-refractivity contribution in [3.8, 4) is 11.6 Å². The number of fused-ring (bicyclic) bond motifs is 5. The van der Waals surface area contributed by atoms with Crippen molar-refractivity contribution >= 4 is 11.6 Å². The van der Waals surface area contributed by atoms with E-state index < -0.39 is 0 Å². The van der Waals surface area contributed by atoms with Crippen molar-refractivity contribution in [2.24, 2.45) is 0 Å². The zero-order valence-electron chi connectivity index (χ0n) is 13.8. The molecule has 4 rings (SSSR count). The molecule has 124 valence electrons. The molecule has 24 heavy (non-hydrogen) atoms. The maximum atomic E-state index is 6.09. The molecule has 5 heteroatoms. The molecule has 0 saturated carbocycles. The third-order valence-corrected chi connectivity index (χ3v) is 4.97. The first-order valence-electron chi connectivity index (χ1n) is 8.22. The van der Waals surface area contributed by atoms with Crippen molar-refractivity contribution in [1.29, 1.82) is 0 Å². The predicted octanol–water partition coefficient (Wildman–Crippen LogP) is 3.91. The Bertz CT molecular complexity index is 837. The van der Waals surface area contributed by atoms with Crippen LogP contribution in [0.1, 0.15) is 23.7 Å². The standard InChI is InChI=1S/C19H20ClN3O/c1-3-13(4-2)10-22-8-7-17-16(11-22)19-23(21-17)18-6-5-15(20)9-14(18)12-24-19/h3-6,9H,1,7-8,10-12H2,2H3. The van der Waals surface area contributed by atoms with Gasteiger partial charge in [0.2, 0.25) is 5.88 Å². The minimum absolute atomic E-state index is 0.542. The van der Waals surface area contributed by atoms with Crippen LogP contribution in [-0.4, -0.2) is 27.8 Å². The van der Waals surface area contributed by atoms with Crippen molar-refractivity contribution in [3.05, 3.63) is 64.3 Å². The van der Waals surface area contributed by atoms with Crippen LogP contribution in [0.4, 0.5) is 0 Å². The minimum atomic E-state index is 0.542. The molecule has 0 amide bonds. The maximum Gasteiger partial charge on any atom is 0.221 e. The molecule has 0 bridgehead atoms. The quantitative estimate of drug-likeness (QED) is 0.793. The Morgan fingerprint density at radius 1 is 1.46 bits per heavy atom. The van der Waals surface area contributed by atoms with Crippen LogP contribution in [0.5, 0.6) is 5.88 Å². The summed E-state index contributed by atoms with van der Waals surface area (Å²) in [6, 6.07) is 5.88. The number of hydrogen-bond donors (Lipinski definition) is 0. The van der Waals surface area contributed by atoms with Crippen LogP contribution in [0.3, 0.4) is 0 Å². The lowest BCUT2D eigenvalue weighted by Crippen LogP contribution is -2.31. The van der Waals surface area contributed by atoms with Crippen LogP contribution in [0.15, 0.2) is 42.5 Å². The molecule has 1 aromatic carbocycles. The van der Waals surface area contributed by atoms with E-state index in [4.69, 9.17) is 21.4 Å². The molecular formula is C19H20ClN3O. The molecule has 2 aromatic rings. The largest absolute Gasteiger partial charge is 0.472 e. The summed E-state index contributed by atoms with van der Waals surface area (Å²) in [7, 11) is 0. The molecule has 2 aliphatic heterocycles. The highest BCUT2D eigenvalue weighted by molar-refractivity contribution is 6.30. The number of halogens is 1. The van der Waals surface area contributed by atoms with Crippen molar-refractivity contribution < 1.29 is 4.74 Å². The fraction of sp³-hybridized carbons (Fsp3) is 0.316. The van der Waals surface area contributed by atoms with Crippen LogP contribution < -0.4 is 4.74 Å². The van der Waals surface area contributed by atoms with Crippen LogP contribution in [0, 0.1) is 0 Å². The van der Waals surface area contributed by atoms with Gasteiger partial charge in [-0.2, -0.15) is 5.10 Å². The summed E-state index contributed by atoms with van der Waals surface area (Å²) in [4.78, 5) is 2.42. The van der Waals surface area contributed by atoms with Crippen LogP contribution >= 0.6 is 11.6 Å². The molecule has 0 unspecified atom stereocenters. The zero-order valence-corrected chi connectivity index (χ0v) is 14.5. The van der Waals surface area contributed by atoms with Gasteiger partial charge in [0.25, 0.3) is 0 Å². The first-order valence-corrected chi connectivity index (χ1v) is 8.59. The van der Waals surface area contributed by atoms with Gasteiger partial charge >= 0.3 is 0 Å². The van der Waals surface area contributed by atoms with E-state index in [1.165, 1.54) is 11.1 Å². The second-order valence-electron chi connectivity index (χ2n) is 6.23. The number of nitrogens with zero attached hydrogens (tertiary/aromatic N) is 3. The maximum absolute atomic E-state index is 6.09. The fourth-order valence-corrected chi connectivity index (χ4v) is 3.60. The average molecular weight is 342 g/mol. The van der Waals surface area contributed by atoms with E-state index in [1.54, 1.807) is 0 Å². The van der Waals surface area contributed by atoms with Crippen molar-refractivity contribution in [2.75, 3.05) is 13.1 Å². The Kier molecular flexibility index (Phi) is 3.94. The summed E-state index contributed by atoms with van der Waals surface area (Å²) < 4.78 is 7.97. The van der Waals surface area contributed by atoms with E-state index in [0.29, 0.717) is 6.61 Å². The van der Waals surface area contributed by atoms with Gasteiger partial charge in [0.1, 0.15) is 6.61 Å². The van der Waals surface area contributed by atoms with Crippen molar-refractivity contribution in [2.45, 2.75) is 26.5 Å². The van der Waals surface area contributed by atoms with Gasteiger partial charge in [0.05, 0.1) is 16.9 Å². The first-order chi connectivity index (χ1) is 11.7. The second kappa shape index (κ2) is 6.11. The van der Waals surface area contributed by atoms with Crippen LogP contribution in [-0.2, 0) is 19.6 Å². The van der Waals surface area contributed by atoms with Gasteiger partial charge in [-0.15, -0.1) is 0 Å². The monoisotopic (exact) mass is 341 g/mol. The average Bonchev–Trinajstić information content (AvgIpc) is 2.97. The Labute approximate surface area is 147 Å². The smallest absolute Gasteiger partial charge is 0.221 e. The van der Waals surface area contributed by atoms with E-state index in [2.05, 4.69) is 24.5 Å².